The molecule has 5 nitrogen and oxygen atoms in total. The molecule has 0 aliphatic carbocycles. The van der Waals surface area contributed by atoms with Crippen molar-refractivity contribution in [3.63, 3.8) is 0 Å². The van der Waals surface area contributed by atoms with Crippen molar-refractivity contribution >= 4 is 30.5 Å². The van der Waals surface area contributed by atoms with Crippen LogP contribution in [0, 0.1) is 39.0 Å². The SMILES string of the molecule is CC[P+](CC)(CC(=O)Nc1c(C)cccc1C)CC(=O)Nc1c(C)cc(C#N)cc1C. The lowest BCUT2D eigenvalue weighted by molar-refractivity contribution is -0.114. The molecule has 0 aliphatic heterocycles. The molecule has 164 valence electrons. The number of nitriles is 1. The van der Waals surface area contributed by atoms with Gasteiger partial charge in [-0.05, 0) is 75.9 Å². The third-order valence-electron chi connectivity index (χ3n) is 5.97. The van der Waals surface area contributed by atoms with E-state index in [0.29, 0.717) is 17.9 Å². The van der Waals surface area contributed by atoms with Gasteiger partial charge in [0.05, 0.1) is 24.0 Å². The van der Waals surface area contributed by atoms with Gasteiger partial charge in [-0.25, -0.2) is 0 Å². The molecule has 6 heteroatoms. The van der Waals surface area contributed by atoms with Crippen LogP contribution >= 0.6 is 7.26 Å². The average molecular weight is 439 g/mol. The quantitative estimate of drug-likeness (QED) is 0.540. The average Bonchev–Trinajstić information content (AvgIpc) is 2.72. The number of hydrogen-bond acceptors (Lipinski definition) is 3. The van der Waals surface area contributed by atoms with Crippen molar-refractivity contribution < 1.29 is 9.59 Å². The van der Waals surface area contributed by atoms with Gasteiger partial charge in [-0.15, -0.1) is 0 Å². The van der Waals surface area contributed by atoms with Crippen LogP contribution in [-0.2, 0) is 9.59 Å². The van der Waals surface area contributed by atoms with E-state index in [1.165, 1.54) is 0 Å². The number of carbonyl (C=O) groups excluding carboxylic acids is 2. The second-order valence-corrected chi connectivity index (χ2v) is 12.8. The zero-order valence-corrected chi connectivity index (χ0v) is 20.3. The molecule has 0 saturated heterocycles. The molecule has 0 spiro atoms. The minimum atomic E-state index is -1.80. The summed E-state index contributed by atoms with van der Waals surface area (Å²) in [5, 5.41) is 15.3. The Labute approximate surface area is 186 Å². The number of benzene rings is 2. The first-order chi connectivity index (χ1) is 14.6. The molecule has 2 aromatic rings. The van der Waals surface area contributed by atoms with Crippen molar-refractivity contribution in [2.24, 2.45) is 0 Å². The molecule has 2 amide bonds. The maximum absolute atomic E-state index is 13.0. The summed E-state index contributed by atoms with van der Waals surface area (Å²) in [7, 11) is -1.80. The van der Waals surface area contributed by atoms with Gasteiger partial charge >= 0.3 is 0 Å². The molecule has 0 unspecified atom stereocenters. The van der Waals surface area contributed by atoms with Gasteiger partial charge in [0.25, 0.3) is 11.8 Å². The normalized spacial score (nSPS) is 11.0. The van der Waals surface area contributed by atoms with Gasteiger partial charge in [-0.1, -0.05) is 18.2 Å². The van der Waals surface area contributed by atoms with Gasteiger partial charge in [0.15, 0.2) is 0 Å². The number of para-hydroxylation sites is 1. The summed E-state index contributed by atoms with van der Waals surface area (Å²) >= 11 is 0. The lowest BCUT2D eigenvalue weighted by Gasteiger charge is -2.25. The van der Waals surface area contributed by atoms with Crippen LogP contribution in [0.2, 0.25) is 0 Å². The largest absolute Gasteiger partial charge is 0.322 e. The number of carbonyl (C=O) groups is 2. The Hall–Kier alpha value is -2.70. The van der Waals surface area contributed by atoms with Crippen LogP contribution in [0.1, 0.15) is 41.7 Å². The van der Waals surface area contributed by atoms with Crippen molar-refractivity contribution in [2.75, 3.05) is 35.3 Å². The van der Waals surface area contributed by atoms with Crippen LogP contribution in [-0.4, -0.2) is 36.5 Å². The molecule has 0 aromatic heterocycles. The Balaban J connectivity index is 2.15. The van der Waals surface area contributed by atoms with E-state index in [0.717, 1.165) is 46.0 Å². The van der Waals surface area contributed by atoms with E-state index >= 15 is 0 Å². The molecule has 0 bridgehead atoms. The molecule has 31 heavy (non-hydrogen) atoms. The predicted molar refractivity (Wildman–Crippen MR) is 132 cm³/mol. The van der Waals surface area contributed by atoms with E-state index in [1.54, 1.807) is 12.1 Å². The van der Waals surface area contributed by atoms with Crippen LogP contribution in [0.4, 0.5) is 11.4 Å². The van der Waals surface area contributed by atoms with E-state index in [4.69, 9.17) is 5.26 Å². The number of nitrogens with zero attached hydrogens (tertiary/aromatic N) is 1. The Morgan fingerprint density at radius 1 is 0.839 bits per heavy atom. The molecule has 0 radical (unpaired) electrons. The molecule has 2 rings (SSSR count). The summed E-state index contributed by atoms with van der Waals surface area (Å²) in [6.45, 7) is 11.9. The first-order valence-corrected chi connectivity index (χ1v) is 13.2. The number of aryl methyl sites for hydroxylation is 4. The van der Waals surface area contributed by atoms with Crippen LogP contribution < -0.4 is 10.6 Å². The van der Waals surface area contributed by atoms with Crippen LogP contribution in [0.3, 0.4) is 0 Å². The van der Waals surface area contributed by atoms with Gasteiger partial charge in [-0.3, -0.25) is 9.59 Å². The van der Waals surface area contributed by atoms with E-state index in [9.17, 15) is 9.59 Å². The summed E-state index contributed by atoms with van der Waals surface area (Å²) in [5.74, 6) is -0.0826. The minimum absolute atomic E-state index is 0.0204. The smallest absolute Gasteiger partial charge is 0.261 e. The summed E-state index contributed by atoms with van der Waals surface area (Å²) in [6, 6.07) is 11.7. The van der Waals surface area contributed by atoms with Gasteiger partial charge in [0.2, 0.25) is 0 Å². The molecule has 0 aliphatic rings. The lowest BCUT2D eigenvalue weighted by Crippen LogP contribution is -2.28. The highest BCUT2D eigenvalue weighted by Crippen LogP contribution is 2.58. The number of rotatable bonds is 8. The van der Waals surface area contributed by atoms with E-state index in [1.807, 2.05) is 45.9 Å². The Morgan fingerprint density at radius 2 is 1.26 bits per heavy atom. The maximum atomic E-state index is 13.0. The Kier molecular flexibility index (Phi) is 8.36. The third-order valence-corrected chi connectivity index (χ3v) is 10.6. The highest BCUT2D eigenvalue weighted by molar-refractivity contribution is 7.77. The second kappa shape index (κ2) is 10.6. The number of nitrogens with one attached hydrogen (secondary N) is 2. The predicted octanol–water partition coefficient (Wildman–Crippen LogP) is 5.43. The van der Waals surface area contributed by atoms with Crippen molar-refractivity contribution in [3.05, 3.63) is 58.1 Å². The van der Waals surface area contributed by atoms with E-state index < -0.39 is 7.26 Å². The molecule has 0 atom stereocenters. The monoisotopic (exact) mass is 438 g/mol. The fraction of sp³-hybridized carbons (Fsp3) is 0.400. The van der Waals surface area contributed by atoms with Gasteiger partial charge in [-0.2, -0.15) is 5.26 Å². The van der Waals surface area contributed by atoms with Crippen molar-refractivity contribution in [3.8, 4) is 6.07 Å². The van der Waals surface area contributed by atoms with Crippen LogP contribution in [0.5, 0.6) is 0 Å². The van der Waals surface area contributed by atoms with Crippen molar-refractivity contribution in [1.29, 1.82) is 5.26 Å². The fourth-order valence-corrected chi connectivity index (χ4v) is 6.76. The molecular weight excluding hydrogens is 405 g/mol. The number of hydrogen-bond donors (Lipinski definition) is 2. The third kappa shape index (κ3) is 6.15. The highest BCUT2D eigenvalue weighted by Gasteiger charge is 2.39. The first kappa shape index (κ1) is 24.6. The molecule has 2 aromatic carbocycles. The Bertz CT molecular complexity index is 977. The summed E-state index contributed by atoms with van der Waals surface area (Å²) < 4.78 is 0. The standard InChI is InChI=1S/C25H32N3O2P/c1-7-31(8-2,15-22(29)27-24-17(3)10-9-11-18(24)4)16-23(30)28-25-19(5)12-21(14-26)13-20(25)6/h9-13H,7-8,15-16H2,1-6H3,(H-,27,28,29,30)/p+1. The Morgan fingerprint density at radius 3 is 1.65 bits per heavy atom. The van der Waals surface area contributed by atoms with E-state index in [-0.39, 0.29) is 11.8 Å². The van der Waals surface area contributed by atoms with Crippen molar-refractivity contribution in [2.45, 2.75) is 41.5 Å². The number of anilines is 2. The maximum Gasteiger partial charge on any atom is 0.261 e. The fourth-order valence-electron chi connectivity index (χ4n) is 3.93. The van der Waals surface area contributed by atoms with Gasteiger partial charge in [0, 0.05) is 18.6 Å². The minimum Gasteiger partial charge on any atom is -0.322 e. The van der Waals surface area contributed by atoms with Gasteiger partial charge in [0.1, 0.15) is 12.3 Å². The molecule has 0 fully saturated rings. The first-order valence-electron chi connectivity index (χ1n) is 10.7. The zero-order valence-electron chi connectivity index (χ0n) is 19.4. The summed E-state index contributed by atoms with van der Waals surface area (Å²) in [6.07, 6.45) is 2.44. The summed E-state index contributed by atoms with van der Waals surface area (Å²) in [5.41, 5.74) is 6.02. The summed E-state index contributed by atoms with van der Waals surface area (Å²) in [4.78, 5) is 25.9. The highest BCUT2D eigenvalue weighted by atomic mass is 31.2. The van der Waals surface area contributed by atoms with Gasteiger partial charge < -0.3 is 10.6 Å². The molecule has 0 saturated carbocycles. The number of amides is 2. The second-order valence-electron chi connectivity index (χ2n) is 8.25. The molecule has 0 heterocycles. The molecule has 2 N–H and O–H groups in total. The molecular formula is C25H33N3O2P+. The lowest BCUT2D eigenvalue weighted by atomic mass is 10.0. The van der Waals surface area contributed by atoms with E-state index in [2.05, 4.69) is 30.6 Å². The van der Waals surface area contributed by atoms with Crippen LogP contribution in [0.15, 0.2) is 30.3 Å². The van der Waals surface area contributed by atoms with Crippen molar-refractivity contribution in [1.82, 2.24) is 0 Å². The topological polar surface area (TPSA) is 82.0 Å². The van der Waals surface area contributed by atoms with Crippen LogP contribution in [0.25, 0.3) is 0 Å². The zero-order chi connectivity index (χ0) is 23.2.